The lowest BCUT2D eigenvalue weighted by Gasteiger charge is -2.37. The van der Waals surface area contributed by atoms with Crippen LogP contribution in [0.1, 0.15) is 43.0 Å². The Balaban J connectivity index is 2.27. The number of hydrogen-bond acceptors (Lipinski definition) is 2. The summed E-state index contributed by atoms with van der Waals surface area (Å²) in [5.41, 5.74) is -1.89. The van der Waals surface area contributed by atoms with Crippen molar-refractivity contribution in [3.63, 3.8) is 0 Å². The quantitative estimate of drug-likeness (QED) is 0.901. The molecule has 0 spiro atoms. The van der Waals surface area contributed by atoms with Crippen molar-refractivity contribution in [2.24, 2.45) is 5.92 Å². The highest BCUT2D eigenvalue weighted by molar-refractivity contribution is 5.98. The first-order valence-corrected chi connectivity index (χ1v) is 6.85. The van der Waals surface area contributed by atoms with E-state index in [2.05, 4.69) is 5.32 Å². The summed E-state index contributed by atoms with van der Waals surface area (Å²) in [6.45, 7) is 1.91. The molecule has 4 nitrogen and oxygen atoms in total. The number of halogens is 2. The van der Waals surface area contributed by atoms with E-state index in [9.17, 15) is 23.5 Å². The number of rotatable bonds is 3. The normalized spacial score (nSPS) is 25.4. The smallest absolute Gasteiger partial charge is 0.329 e. The first-order chi connectivity index (χ1) is 9.84. The van der Waals surface area contributed by atoms with Gasteiger partial charge in [-0.1, -0.05) is 19.8 Å². The molecule has 2 unspecified atom stereocenters. The van der Waals surface area contributed by atoms with Crippen LogP contribution in [0.3, 0.4) is 0 Å². The predicted octanol–water partition coefficient (Wildman–Crippen LogP) is 2.73. The molecule has 6 heteroatoms. The lowest BCUT2D eigenvalue weighted by atomic mass is 9.76. The van der Waals surface area contributed by atoms with Gasteiger partial charge in [0.1, 0.15) is 17.2 Å². The third-order valence-corrected chi connectivity index (χ3v) is 3.93. The van der Waals surface area contributed by atoms with Crippen LogP contribution < -0.4 is 5.32 Å². The summed E-state index contributed by atoms with van der Waals surface area (Å²) in [6.07, 6.45) is 2.12. The average Bonchev–Trinajstić information content (AvgIpc) is 2.41. The van der Waals surface area contributed by atoms with E-state index in [4.69, 9.17) is 0 Å². The van der Waals surface area contributed by atoms with E-state index in [1.54, 1.807) is 0 Å². The van der Waals surface area contributed by atoms with E-state index >= 15 is 0 Å². The van der Waals surface area contributed by atoms with Gasteiger partial charge in [-0.05, 0) is 37.0 Å². The van der Waals surface area contributed by atoms with Gasteiger partial charge in [-0.2, -0.15) is 0 Å². The molecule has 1 fully saturated rings. The van der Waals surface area contributed by atoms with Gasteiger partial charge >= 0.3 is 5.97 Å². The van der Waals surface area contributed by atoms with Crippen molar-refractivity contribution in [2.45, 2.75) is 38.1 Å². The van der Waals surface area contributed by atoms with Gasteiger partial charge in [0.2, 0.25) is 0 Å². The second-order valence-corrected chi connectivity index (χ2v) is 5.67. The number of hydrogen-bond donors (Lipinski definition) is 2. The summed E-state index contributed by atoms with van der Waals surface area (Å²) in [4.78, 5) is 23.7. The zero-order valence-electron chi connectivity index (χ0n) is 11.7. The lowest BCUT2D eigenvalue weighted by Crippen LogP contribution is -2.56. The minimum absolute atomic E-state index is 0.146. The zero-order valence-corrected chi connectivity index (χ0v) is 11.7. The van der Waals surface area contributed by atoms with Crippen molar-refractivity contribution in [3.8, 4) is 0 Å². The van der Waals surface area contributed by atoms with Crippen LogP contribution in [0.25, 0.3) is 0 Å². The Labute approximate surface area is 121 Å². The molecule has 1 saturated carbocycles. The maximum Gasteiger partial charge on any atom is 0.329 e. The summed E-state index contributed by atoms with van der Waals surface area (Å²) in [6, 6.07) is 2.52. The number of carboxylic acids is 1. The topological polar surface area (TPSA) is 66.4 Å². The van der Waals surface area contributed by atoms with E-state index in [0.717, 1.165) is 24.6 Å². The molecule has 114 valence electrons. The van der Waals surface area contributed by atoms with Gasteiger partial charge in [0, 0.05) is 0 Å². The summed E-state index contributed by atoms with van der Waals surface area (Å²) in [5.74, 6) is -3.52. The first kappa shape index (κ1) is 15.4. The SMILES string of the molecule is CC1CCCC(NC(=O)c2cc(F)ccc2F)(C(=O)O)C1. The monoisotopic (exact) mass is 297 g/mol. The molecule has 1 amide bonds. The molecule has 21 heavy (non-hydrogen) atoms. The number of amides is 1. The third kappa shape index (κ3) is 3.20. The first-order valence-electron chi connectivity index (χ1n) is 6.85. The molecule has 0 radical (unpaired) electrons. The van der Waals surface area contributed by atoms with E-state index < -0.39 is 34.6 Å². The minimum atomic E-state index is -1.41. The molecule has 2 N–H and O–H groups in total. The summed E-state index contributed by atoms with van der Waals surface area (Å²) in [7, 11) is 0. The molecule has 2 rings (SSSR count). The van der Waals surface area contributed by atoms with Crippen LogP contribution in [0.15, 0.2) is 18.2 Å². The second kappa shape index (κ2) is 5.79. The van der Waals surface area contributed by atoms with Gasteiger partial charge < -0.3 is 10.4 Å². The Bertz CT molecular complexity index is 576. The molecule has 0 heterocycles. The fourth-order valence-electron chi connectivity index (χ4n) is 2.87. The standard InChI is InChI=1S/C15H17F2NO3/c1-9-3-2-6-15(8-9,14(20)21)18-13(19)11-7-10(16)4-5-12(11)17/h4-5,7,9H,2-3,6,8H2,1H3,(H,18,19)(H,20,21). The molecule has 0 bridgehead atoms. The van der Waals surface area contributed by atoms with Gasteiger partial charge in [-0.3, -0.25) is 4.79 Å². The van der Waals surface area contributed by atoms with Crippen LogP contribution in [0.2, 0.25) is 0 Å². The molecule has 0 saturated heterocycles. The fourth-order valence-corrected chi connectivity index (χ4v) is 2.87. The highest BCUT2D eigenvalue weighted by Crippen LogP contribution is 2.33. The summed E-state index contributed by atoms with van der Waals surface area (Å²) < 4.78 is 26.7. The van der Waals surface area contributed by atoms with Gasteiger partial charge in [0.25, 0.3) is 5.91 Å². The van der Waals surface area contributed by atoms with E-state index in [1.165, 1.54) is 0 Å². The second-order valence-electron chi connectivity index (χ2n) is 5.67. The number of nitrogens with one attached hydrogen (secondary N) is 1. The van der Waals surface area contributed by atoms with E-state index in [-0.39, 0.29) is 18.8 Å². The van der Waals surface area contributed by atoms with Crippen LogP contribution in [0, 0.1) is 17.6 Å². The van der Waals surface area contributed by atoms with Crippen LogP contribution in [-0.2, 0) is 4.79 Å². The van der Waals surface area contributed by atoms with Crippen molar-refractivity contribution >= 4 is 11.9 Å². The largest absolute Gasteiger partial charge is 0.480 e. The van der Waals surface area contributed by atoms with Gasteiger partial charge in [-0.15, -0.1) is 0 Å². The van der Waals surface area contributed by atoms with Gasteiger partial charge in [-0.25, -0.2) is 13.6 Å². The molecule has 1 aliphatic carbocycles. The third-order valence-electron chi connectivity index (χ3n) is 3.93. The maximum atomic E-state index is 13.6. The molecule has 2 atom stereocenters. The van der Waals surface area contributed by atoms with E-state index in [0.29, 0.717) is 6.42 Å². The van der Waals surface area contributed by atoms with E-state index in [1.807, 2.05) is 6.92 Å². The van der Waals surface area contributed by atoms with Crippen LogP contribution in [-0.4, -0.2) is 22.5 Å². The van der Waals surface area contributed by atoms with Gasteiger partial charge in [0.15, 0.2) is 0 Å². The van der Waals surface area contributed by atoms with Crippen LogP contribution in [0.5, 0.6) is 0 Å². The van der Waals surface area contributed by atoms with Crippen molar-refractivity contribution < 1.29 is 23.5 Å². The average molecular weight is 297 g/mol. The number of benzene rings is 1. The number of carboxylic acid groups (broad SMARTS) is 1. The van der Waals surface area contributed by atoms with Crippen molar-refractivity contribution in [1.82, 2.24) is 5.32 Å². The Hall–Kier alpha value is -1.98. The molecular formula is C15H17F2NO3. The molecule has 0 aliphatic heterocycles. The number of aliphatic carboxylic acids is 1. The van der Waals surface area contributed by atoms with Crippen molar-refractivity contribution in [1.29, 1.82) is 0 Å². The Morgan fingerprint density at radius 1 is 1.38 bits per heavy atom. The number of carbonyl (C=O) groups is 2. The molecule has 1 aromatic carbocycles. The minimum Gasteiger partial charge on any atom is -0.480 e. The Morgan fingerprint density at radius 2 is 2.10 bits per heavy atom. The molecular weight excluding hydrogens is 280 g/mol. The fraction of sp³-hybridized carbons (Fsp3) is 0.467. The van der Waals surface area contributed by atoms with Gasteiger partial charge in [0.05, 0.1) is 5.56 Å². The summed E-state index contributed by atoms with van der Waals surface area (Å²) in [5, 5.41) is 11.8. The van der Waals surface area contributed by atoms with Crippen molar-refractivity contribution in [3.05, 3.63) is 35.4 Å². The van der Waals surface area contributed by atoms with Crippen molar-refractivity contribution in [2.75, 3.05) is 0 Å². The molecule has 0 aromatic heterocycles. The highest BCUT2D eigenvalue weighted by atomic mass is 19.1. The molecule has 1 aromatic rings. The van der Waals surface area contributed by atoms with Crippen LogP contribution in [0.4, 0.5) is 8.78 Å². The highest BCUT2D eigenvalue weighted by Gasteiger charge is 2.43. The van der Waals surface area contributed by atoms with Crippen LogP contribution >= 0.6 is 0 Å². The lowest BCUT2D eigenvalue weighted by molar-refractivity contribution is -0.146. The zero-order chi connectivity index (χ0) is 15.6. The maximum absolute atomic E-state index is 13.6. The summed E-state index contributed by atoms with van der Waals surface area (Å²) >= 11 is 0. The Morgan fingerprint density at radius 3 is 2.71 bits per heavy atom. The Kier molecular flexibility index (Phi) is 4.25. The predicted molar refractivity (Wildman–Crippen MR) is 71.8 cm³/mol. The molecule has 1 aliphatic rings. The number of carbonyl (C=O) groups excluding carboxylic acids is 1.